The van der Waals surface area contributed by atoms with Crippen molar-refractivity contribution in [2.24, 2.45) is 0 Å². The summed E-state index contributed by atoms with van der Waals surface area (Å²) in [5.41, 5.74) is -1.40. The van der Waals surface area contributed by atoms with E-state index in [-0.39, 0.29) is 22.2 Å². The molecule has 0 unspecified atom stereocenters. The fourth-order valence-corrected chi connectivity index (χ4v) is 3.61. The Hall–Kier alpha value is -2.13. The van der Waals surface area contributed by atoms with Crippen LogP contribution in [-0.4, -0.2) is 22.6 Å². The molecule has 0 saturated heterocycles. The van der Waals surface area contributed by atoms with Crippen molar-refractivity contribution in [1.82, 2.24) is 0 Å². The highest BCUT2D eigenvalue weighted by molar-refractivity contribution is 7.92. The SMILES string of the molecule is COc1cc(OC)c(NS(=O)(=O)c2ccccc2C(F)(F)F)cc1Cl. The molecule has 5 nitrogen and oxygen atoms in total. The highest BCUT2D eigenvalue weighted by Crippen LogP contribution is 2.38. The van der Waals surface area contributed by atoms with Crippen molar-refractivity contribution in [2.45, 2.75) is 11.1 Å². The van der Waals surface area contributed by atoms with Crippen molar-refractivity contribution < 1.29 is 31.1 Å². The summed E-state index contributed by atoms with van der Waals surface area (Å²) in [6, 6.07) is 6.35. The molecule has 0 bridgehead atoms. The van der Waals surface area contributed by atoms with Crippen LogP contribution in [0, 0.1) is 0 Å². The average Bonchev–Trinajstić information content (AvgIpc) is 2.54. The number of hydrogen-bond donors (Lipinski definition) is 1. The Bertz CT molecular complexity index is 885. The zero-order chi connectivity index (χ0) is 18.8. The van der Waals surface area contributed by atoms with Gasteiger partial charge in [0.2, 0.25) is 0 Å². The maximum atomic E-state index is 13.1. The summed E-state index contributed by atoms with van der Waals surface area (Å²) in [4.78, 5) is -0.906. The Kier molecular flexibility index (Phi) is 5.38. The molecule has 2 rings (SSSR count). The van der Waals surface area contributed by atoms with Crippen LogP contribution in [0.15, 0.2) is 41.3 Å². The van der Waals surface area contributed by atoms with E-state index in [1.807, 2.05) is 0 Å². The number of rotatable bonds is 5. The monoisotopic (exact) mass is 395 g/mol. The first-order valence-electron chi connectivity index (χ1n) is 6.70. The number of ether oxygens (including phenoxy) is 2. The van der Waals surface area contributed by atoms with Gasteiger partial charge < -0.3 is 9.47 Å². The van der Waals surface area contributed by atoms with E-state index in [2.05, 4.69) is 4.72 Å². The molecule has 1 N–H and O–H groups in total. The van der Waals surface area contributed by atoms with Crippen molar-refractivity contribution in [3.05, 3.63) is 47.0 Å². The minimum absolute atomic E-state index is 0.0364. The summed E-state index contributed by atoms with van der Waals surface area (Å²) >= 11 is 5.94. The van der Waals surface area contributed by atoms with E-state index in [9.17, 15) is 21.6 Å². The van der Waals surface area contributed by atoms with Crippen molar-refractivity contribution in [2.75, 3.05) is 18.9 Å². The summed E-state index contributed by atoms with van der Waals surface area (Å²) in [6.07, 6.45) is -4.83. The van der Waals surface area contributed by atoms with Crippen LogP contribution in [0.5, 0.6) is 11.5 Å². The number of nitrogens with one attached hydrogen (secondary N) is 1. The molecule has 0 fully saturated rings. The molecule has 2 aromatic carbocycles. The van der Waals surface area contributed by atoms with Crippen molar-refractivity contribution in [1.29, 1.82) is 0 Å². The Morgan fingerprint density at radius 3 is 2.20 bits per heavy atom. The van der Waals surface area contributed by atoms with Gasteiger partial charge in [0.1, 0.15) is 11.5 Å². The third-order valence-corrected chi connectivity index (χ3v) is 4.92. The van der Waals surface area contributed by atoms with Crippen LogP contribution in [-0.2, 0) is 16.2 Å². The van der Waals surface area contributed by atoms with Gasteiger partial charge in [0.15, 0.2) is 0 Å². The zero-order valence-corrected chi connectivity index (χ0v) is 14.6. The number of benzene rings is 2. The van der Waals surface area contributed by atoms with E-state index in [1.165, 1.54) is 32.4 Å². The molecule has 0 aliphatic carbocycles. The molecule has 0 atom stereocenters. The predicted octanol–water partition coefficient (Wildman–Crippen LogP) is 4.18. The van der Waals surface area contributed by atoms with Crippen molar-refractivity contribution >= 4 is 27.3 Å². The topological polar surface area (TPSA) is 64.6 Å². The molecule has 0 spiro atoms. The number of sulfonamides is 1. The van der Waals surface area contributed by atoms with Crippen LogP contribution < -0.4 is 14.2 Å². The second kappa shape index (κ2) is 7.01. The summed E-state index contributed by atoms with van der Waals surface area (Å²) in [5, 5.41) is 0.0603. The fourth-order valence-electron chi connectivity index (χ4n) is 2.07. The summed E-state index contributed by atoms with van der Waals surface area (Å²) in [5.74, 6) is 0.256. The van der Waals surface area contributed by atoms with E-state index in [1.54, 1.807) is 0 Å². The molecule has 0 heterocycles. The normalized spacial score (nSPS) is 11.9. The third kappa shape index (κ3) is 4.10. The fraction of sp³-hybridized carbons (Fsp3) is 0.200. The van der Waals surface area contributed by atoms with Crippen LogP contribution in [0.25, 0.3) is 0 Å². The number of hydrogen-bond acceptors (Lipinski definition) is 4. The second-order valence-electron chi connectivity index (χ2n) is 4.79. The van der Waals surface area contributed by atoms with Gasteiger partial charge in [-0.15, -0.1) is 0 Å². The van der Waals surface area contributed by atoms with Crippen LogP contribution in [0.3, 0.4) is 0 Å². The van der Waals surface area contributed by atoms with Gasteiger partial charge >= 0.3 is 6.18 Å². The lowest BCUT2D eigenvalue weighted by molar-refractivity contribution is -0.139. The number of alkyl halides is 3. The Morgan fingerprint density at radius 1 is 1.04 bits per heavy atom. The molecule has 0 radical (unpaired) electrons. The molecule has 136 valence electrons. The van der Waals surface area contributed by atoms with Crippen LogP contribution in [0.2, 0.25) is 5.02 Å². The van der Waals surface area contributed by atoms with E-state index in [0.717, 1.165) is 12.1 Å². The lowest BCUT2D eigenvalue weighted by Crippen LogP contribution is -2.19. The highest BCUT2D eigenvalue weighted by atomic mass is 35.5. The zero-order valence-electron chi connectivity index (χ0n) is 13.0. The molecule has 0 saturated carbocycles. The minimum atomic E-state index is -4.83. The first-order valence-corrected chi connectivity index (χ1v) is 8.57. The first kappa shape index (κ1) is 19.2. The number of methoxy groups -OCH3 is 2. The lowest BCUT2D eigenvalue weighted by Gasteiger charge is -2.16. The van der Waals surface area contributed by atoms with Gasteiger partial charge in [-0.1, -0.05) is 23.7 Å². The molecular weight excluding hydrogens is 383 g/mol. The van der Waals surface area contributed by atoms with Gasteiger partial charge in [-0.05, 0) is 18.2 Å². The van der Waals surface area contributed by atoms with Crippen LogP contribution >= 0.6 is 11.6 Å². The van der Waals surface area contributed by atoms with E-state index in [4.69, 9.17) is 21.1 Å². The number of halogens is 4. The minimum Gasteiger partial charge on any atom is -0.495 e. The van der Waals surface area contributed by atoms with E-state index < -0.39 is 26.7 Å². The maximum absolute atomic E-state index is 13.1. The molecule has 25 heavy (non-hydrogen) atoms. The standard InChI is InChI=1S/C15H13ClF3NO4S/c1-23-12-8-13(24-2)11(7-10(12)16)20-25(21,22)14-6-4-3-5-9(14)15(17,18)19/h3-8,20H,1-2H3. The lowest BCUT2D eigenvalue weighted by atomic mass is 10.2. The Morgan fingerprint density at radius 2 is 1.64 bits per heavy atom. The molecule has 0 aliphatic rings. The predicted molar refractivity (Wildman–Crippen MR) is 86.8 cm³/mol. The average molecular weight is 396 g/mol. The maximum Gasteiger partial charge on any atom is 0.417 e. The number of anilines is 1. The molecule has 0 aliphatic heterocycles. The summed E-state index contributed by atoms with van der Waals surface area (Å²) < 4.78 is 76.2. The van der Waals surface area contributed by atoms with Gasteiger partial charge in [0.25, 0.3) is 10.0 Å². The van der Waals surface area contributed by atoms with E-state index in [0.29, 0.717) is 6.07 Å². The third-order valence-electron chi connectivity index (χ3n) is 3.20. The molecule has 0 amide bonds. The van der Waals surface area contributed by atoms with Gasteiger partial charge in [-0.3, -0.25) is 4.72 Å². The Labute approximate surface area is 147 Å². The van der Waals surface area contributed by atoms with Gasteiger partial charge in [0, 0.05) is 6.07 Å². The highest BCUT2D eigenvalue weighted by Gasteiger charge is 2.37. The second-order valence-corrected chi connectivity index (χ2v) is 6.84. The Balaban J connectivity index is 2.53. The molecule has 0 aromatic heterocycles. The van der Waals surface area contributed by atoms with Gasteiger partial charge in [-0.25, -0.2) is 8.42 Å². The van der Waals surface area contributed by atoms with Crippen molar-refractivity contribution in [3.8, 4) is 11.5 Å². The smallest absolute Gasteiger partial charge is 0.417 e. The molecular formula is C15H13ClF3NO4S. The largest absolute Gasteiger partial charge is 0.495 e. The molecule has 10 heteroatoms. The molecule has 2 aromatic rings. The van der Waals surface area contributed by atoms with Crippen LogP contribution in [0.4, 0.5) is 18.9 Å². The van der Waals surface area contributed by atoms with Gasteiger partial charge in [0.05, 0.1) is 35.4 Å². The first-order chi connectivity index (χ1) is 11.6. The van der Waals surface area contributed by atoms with E-state index >= 15 is 0 Å². The quantitative estimate of drug-likeness (QED) is 0.825. The summed E-state index contributed by atoms with van der Waals surface area (Å²) in [7, 11) is -1.93. The van der Waals surface area contributed by atoms with Crippen LogP contribution in [0.1, 0.15) is 5.56 Å². The van der Waals surface area contributed by atoms with Gasteiger partial charge in [-0.2, -0.15) is 13.2 Å². The van der Waals surface area contributed by atoms with Crippen molar-refractivity contribution in [3.63, 3.8) is 0 Å². The summed E-state index contributed by atoms with van der Waals surface area (Å²) in [6.45, 7) is 0.